The summed E-state index contributed by atoms with van der Waals surface area (Å²) < 4.78 is 5.34. The largest absolute Gasteiger partial charge is 0.448 e. The van der Waals surface area contributed by atoms with Crippen molar-refractivity contribution in [1.29, 1.82) is 0 Å². The van der Waals surface area contributed by atoms with Crippen molar-refractivity contribution in [2.45, 2.75) is 26.9 Å². The van der Waals surface area contributed by atoms with Gasteiger partial charge in [-0.25, -0.2) is 9.78 Å². The van der Waals surface area contributed by atoms with Crippen LogP contribution in [0, 0.1) is 13.8 Å². The summed E-state index contributed by atoms with van der Waals surface area (Å²) >= 11 is 1.26. The molecule has 0 spiro atoms. The fourth-order valence-electron chi connectivity index (χ4n) is 2.44. The molecule has 1 heterocycles. The number of nitrogens with zero attached hydrogens (tertiary/aromatic N) is 1. The molecule has 1 aromatic heterocycles. The van der Waals surface area contributed by atoms with E-state index < -0.39 is 12.1 Å². The van der Waals surface area contributed by atoms with Crippen LogP contribution in [-0.2, 0) is 9.53 Å². The minimum atomic E-state index is -0.916. The summed E-state index contributed by atoms with van der Waals surface area (Å²) in [5, 5.41) is 3.49. The first-order chi connectivity index (χ1) is 12.9. The minimum absolute atomic E-state index is 0.377. The van der Waals surface area contributed by atoms with Gasteiger partial charge in [0.25, 0.3) is 5.91 Å². The van der Waals surface area contributed by atoms with Crippen molar-refractivity contribution in [3.63, 3.8) is 0 Å². The number of carbonyl (C=O) groups is 2. The van der Waals surface area contributed by atoms with E-state index in [1.807, 2.05) is 49.4 Å². The Kier molecular flexibility index (Phi) is 5.66. The van der Waals surface area contributed by atoms with Gasteiger partial charge in [-0.1, -0.05) is 48.0 Å². The Morgan fingerprint density at radius 3 is 2.37 bits per heavy atom. The van der Waals surface area contributed by atoms with Gasteiger partial charge in [-0.15, -0.1) is 11.3 Å². The number of esters is 1. The molecule has 0 unspecified atom stereocenters. The average molecular weight is 380 g/mol. The summed E-state index contributed by atoms with van der Waals surface area (Å²) in [6, 6.07) is 17.0. The highest BCUT2D eigenvalue weighted by Crippen LogP contribution is 2.28. The second kappa shape index (κ2) is 8.14. The van der Waals surface area contributed by atoms with E-state index in [0.29, 0.717) is 16.3 Å². The number of hydrogen-bond acceptors (Lipinski definition) is 5. The lowest BCUT2D eigenvalue weighted by Crippen LogP contribution is -2.29. The summed E-state index contributed by atoms with van der Waals surface area (Å²) in [6.45, 7) is 5.28. The molecule has 0 saturated carbocycles. The minimum Gasteiger partial charge on any atom is -0.448 e. The number of carbonyl (C=O) groups excluding carboxylic acids is 2. The quantitative estimate of drug-likeness (QED) is 0.656. The predicted octanol–water partition coefficient (Wildman–Crippen LogP) is 4.61. The van der Waals surface area contributed by atoms with Crippen LogP contribution in [0.3, 0.4) is 0 Å². The Morgan fingerprint density at radius 1 is 1.04 bits per heavy atom. The highest BCUT2D eigenvalue weighted by molar-refractivity contribution is 7.17. The van der Waals surface area contributed by atoms with Gasteiger partial charge in [0.1, 0.15) is 9.88 Å². The summed E-state index contributed by atoms with van der Waals surface area (Å²) in [4.78, 5) is 29.6. The highest BCUT2D eigenvalue weighted by Gasteiger charge is 2.23. The lowest BCUT2D eigenvalue weighted by atomic mass is 10.2. The van der Waals surface area contributed by atoms with Crippen LogP contribution in [0.25, 0.3) is 10.6 Å². The zero-order valence-corrected chi connectivity index (χ0v) is 16.2. The first kappa shape index (κ1) is 18.8. The smallest absolute Gasteiger partial charge is 0.351 e. The first-order valence-corrected chi connectivity index (χ1v) is 9.37. The van der Waals surface area contributed by atoms with E-state index in [4.69, 9.17) is 4.74 Å². The maximum Gasteiger partial charge on any atom is 0.351 e. The van der Waals surface area contributed by atoms with Crippen LogP contribution in [-0.4, -0.2) is 23.0 Å². The second-order valence-corrected chi connectivity index (χ2v) is 7.20. The van der Waals surface area contributed by atoms with Crippen LogP contribution in [0.5, 0.6) is 0 Å². The molecular weight excluding hydrogens is 360 g/mol. The van der Waals surface area contributed by atoms with Gasteiger partial charge in [0, 0.05) is 11.3 Å². The molecule has 1 N–H and O–H groups in total. The van der Waals surface area contributed by atoms with Crippen molar-refractivity contribution in [2.75, 3.05) is 5.32 Å². The van der Waals surface area contributed by atoms with E-state index in [1.54, 1.807) is 26.0 Å². The van der Waals surface area contributed by atoms with E-state index in [1.165, 1.54) is 11.3 Å². The summed E-state index contributed by atoms with van der Waals surface area (Å²) in [6.07, 6.45) is -0.916. The number of aryl methyl sites for hydroxylation is 2. The molecule has 2 aromatic carbocycles. The van der Waals surface area contributed by atoms with Gasteiger partial charge in [-0.3, -0.25) is 4.79 Å². The Bertz CT molecular complexity index is 949. The Hall–Kier alpha value is -2.99. The van der Waals surface area contributed by atoms with Crippen LogP contribution in [0.15, 0.2) is 54.6 Å². The van der Waals surface area contributed by atoms with Crippen molar-refractivity contribution in [3.8, 4) is 10.6 Å². The van der Waals surface area contributed by atoms with Gasteiger partial charge in [0.05, 0.1) is 5.69 Å². The van der Waals surface area contributed by atoms with Crippen molar-refractivity contribution in [3.05, 3.63) is 70.7 Å². The van der Waals surface area contributed by atoms with Crippen LogP contribution in [0.4, 0.5) is 5.69 Å². The maximum absolute atomic E-state index is 12.5. The Morgan fingerprint density at radius 2 is 1.70 bits per heavy atom. The summed E-state index contributed by atoms with van der Waals surface area (Å²) in [5.74, 6) is -0.920. The number of thiazole rings is 1. The van der Waals surface area contributed by atoms with Crippen LogP contribution >= 0.6 is 11.3 Å². The third-order valence-electron chi connectivity index (χ3n) is 3.97. The zero-order chi connectivity index (χ0) is 19.4. The van der Waals surface area contributed by atoms with Gasteiger partial charge in [-0.2, -0.15) is 0 Å². The summed E-state index contributed by atoms with van der Waals surface area (Å²) in [5.41, 5.74) is 3.29. The van der Waals surface area contributed by atoms with E-state index in [-0.39, 0.29) is 5.91 Å². The predicted molar refractivity (Wildman–Crippen MR) is 107 cm³/mol. The van der Waals surface area contributed by atoms with E-state index in [9.17, 15) is 9.59 Å². The standard InChI is InChI=1S/C21H20N2O3S/c1-13-9-11-17(12-10-13)23-19(24)15(3)26-21(25)18-14(2)22-20(27-18)16-7-5-4-6-8-16/h4-12,15H,1-3H3,(H,23,24)/t15-/m0/s1. The van der Waals surface area contributed by atoms with Crippen LogP contribution in [0.2, 0.25) is 0 Å². The molecule has 138 valence electrons. The lowest BCUT2D eigenvalue weighted by Gasteiger charge is -2.13. The zero-order valence-electron chi connectivity index (χ0n) is 15.4. The summed E-state index contributed by atoms with van der Waals surface area (Å²) in [7, 11) is 0. The van der Waals surface area contributed by atoms with Crippen LogP contribution in [0.1, 0.15) is 27.9 Å². The van der Waals surface area contributed by atoms with Crippen LogP contribution < -0.4 is 5.32 Å². The highest BCUT2D eigenvalue weighted by atomic mass is 32.1. The molecule has 0 radical (unpaired) electrons. The third-order valence-corrected chi connectivity index (χ3v) is 5.16. The topological polar surface area (TPSA) is 68.3 Å². The van der Waals surface area contributed by atoms with Crippen molar-refractivity contribution in [1.82, 2.24) is 4.98 Å². The number of anilines is 1. The van der Waals surface area contributed by atoms with Gasteiger partial charge in [-0.05, 0) is 32.9 Å². The second-order valence-electron chi connectivity index (χ2n) is 6.20. The Labute approximate surface area is 162 Å². The Balaban J connectivity index is 1.67. The lowest BCUT2D eigenvalue weighted by molar-refractivity contribution is -0.123. The number of amides is 1. The molecule has 3 aromatic rings. The molecule has 6 heteroatoms. The molecule has 0 aliphatic carbocycles. The van der Waals surface area contributed by atoms with E-state index in [0.717, 1.165) is 16.1 Å². The van der Waals surface area contributed by atoms with E-state index in [2.05, 4.69) is 10.3 Å². The molecule has 5 nitrogen and oxygen atoms in total. The number of hydrogen-bond donors (Lipinski definition) is 1. The van der Waals surface area contributed by atoms with Gasteiger partial charge < -0.3 is 10.1 Å². The SMILES string of the molecule is Cc1ccc(NC(=O)[C@H](C)OC(=O)c2sc(-c3ccccc3)nc2C)cc1. The molecule has 1 atom stereocenters. The normalized spacial score (nSPS) is 11.7. The maximum atomic E-state index is 12.5. The molecule has 1 amide bonds. The number of aromatic nitrogens is 1. The molecular formula is C21H20N2O3S. The monoisotopic (exact) mass is 380 g/mol. The number of ether oxygens (including phenoxy) is 1. The van der Waals surface area contributed by atoms with Crippen molar-refractivity contribution >= 4 is 28.9 Å². The molecule has 27 heavy (non-hydrogen) atoms. The van der Waals surface area contributed by atoms with Gasteiger partial charge in [0.15, 0.2) is 6.10 Å². The number of benzene rings is 2. The molecule has 0 aliphatic rings. The molecule has 3 rings (SSSR count). The number of nitrogens with one attached hydrogen (secondary N) is 1. The van der Waals surface area contributed by atoms with Crippen molar-refractivity contribution < 1.29 is 14.3 Å². The molecule has 0 saturated heterocycles. The fraction of sp³-hybridized carbons (Fsp3) is 0.190. The molecule has 0 fully saturated rings. The number of rotatable bonds is 5. The van der Waals surface area contributed by atoms with Gasteiger partial charge in [0.2, 0.25) is 0 Å². The fourth-order valence-corrected chi connectivity index (χ4v) is 3.39. The van der Waals surface area contributed by atoms with Crippen molar-refractivity contribution in [2.24, 2.45) is 0 Å². The van der Waals surface area contributed by atoms with E-state index >= 15 is 0 Å². The molecule has 0 aliphatic heterocycles. The molecule has 0 bridgehead atoms. The van der Waals surface area contributed by atoms with Gasteiger partial charge >= 0.3 is 5.97 Å². The third kappa shape index (κ3) is 4.60. The average Bonchev–Trinajstić information content (AvgIpc) is 3.06. The first-order valence-electron chi connectivity index (χ1n) is 8.55.